The summed E-state index contributed by atoms with van der Waals surface area (Å²) in [6.07, 6.45) is 0.778. The summed E-state index contributed by atoms with van der Waals surface area (Å²) < 4.78 is 20.7. The van der Waals surface area contributed by atoms with Crippen LogP contribution in [0, 0.1) is 0 Å². The van der Waals surface area contributed by atoms with Gasteiger partial charge in [-0.1, -0.05) is 20.1 Å². The quantitative estimate of drug-likeness (QED) is 0.275. The van der Waals surface area contributed by atoms with Crippen LogP contribution in [0.1, 0.15) is 27.2 Å². The summed E-state index contributed by atoms with van der Waals surface area (Å²) in [5, 5.41) is 9.10. The third kappa shape index (κ3) is 11.7. The van der Waals surface area contributed by atoms with Crippen molar-refractivity contribution in [2.45, 2.75) is 33.3 Å². The molecule has 0 saturated carbocycles. The van der Waals surface area contributed by atoms with Crippen molar-refractivity contribution < 1.29 is 38.4 Å². The number of aliphatic carboxylic acids is 1. The zero-order valence-corrected chi connectivity index (χ0v) is 16.1. The number of carbonyl (C=O) groups is 3. The monoisotopic (exact) mass is 384 g/mol. The number of carboxylic acids is 1. The first kappa shape index (κ1) is 24.6. The molecule has 0 aromatic heterocycles. The second-order valence-corrected chi connectivity index (χ2v) is 5.68. The molecule has 0 spiro atoms. The third-order valence-corrected chi connectivity index (χ3v) is 3.11. The van der Waals surface area contributed by atoms with Crippen LogP contribution < -0.4 is 0 Å². The predicted molar refractivity (Wildman–Crippen MR) is 98.1 cm³/mol. The first-order chi connectivity index (χ1) is 12.7. The standard InChI is InChI=1S/C19H28O8/c1-6-15(17(20)21)11-16(27-19(23)14(4)5)12-25-8-7-24-9-10-26-18(22)13(2)3/h11,16H,2,4,6-10,12H2,1,3,5H3,(H,20,21). The lowest BCUT2D eigenvalue weighted by Gasteiger charge is -2.16. The molecule has 0 fully saturated rings. The number of carboxylic acid groups (broad SMARTS) is 1. The smallest absolute Gasteiger partial charge is 0.333 e. The fraction of sp³-hybridized carbons (Fsp3) is 0.526. The van der Waals surface area contributed by atoms with Crippen molar-refractivity contribution in [2.24, 2.45) is 0 Å². The average Bonchev–Trinajstić information content (AvgIpc) is 2.60. The van der Waals surface area contributed by atoms with Gasteiger partial charge in [-0.25, -0.2) is 14.4 Å². The molecule has 0 saturated heterocycles. The van der Waals surface area contributed by atoms with Gasteiger partial charge in [-0.15, -0.1) is 0 Å². The Balaban J connectivity index is 4.31. The Hall–Kier alpha value is -2.45. The van der Waals surface area contributed by atoms with Crippen LogP contribution in [0.15, 0.2) is 36.0 Å². The minimum Gasteiger partial charge on any atom is -0.478 e. The van der Waals surface area contributed by atoms with E-state index in [9.17, 15) is 14.4 Å². The normalized spacial score (nSPS) is 12.2. The van der Waals surface area contributed by atoms with Crippen molar-refractivity contribution in [3.63, 3.8) is 0 Å². The molecule has 0 aliphatic heterocycles. The summed E-state index contributed by atoms with van der Waals surface area (Å²) in [4.78, 5) is 34.0. The Kier molecular flexibility index (Phi) is 12.5. The van der Waals surface area contributed by atoms with Crippen molar-refractivity contribution in [3.8, 4) is 0 Å². The molecule has 0 radical (unpaired) electrons. The Labute approximate surface area is 159 Å². The fourth-order valence-electron chi connectivity index (χ4n) is 1.65. The molecule has 0 aliphatic carbocycles. The van der Waals surface area contributed by atoms with E-state index in [2.05, 4.69) is 13.2 Å². The van der Waals surface area contributed by atoms with Crippen LogP contribution in [-0.2, 0) is 33.3 Å². The molecule has 152 valence electrons. The van der Waals surface area contributed by atoms with E-state index < -0.39 is 24.0 Å². The van der Waals surface area contributed by atoms with E-state index in [0.29, 0.717) is 5.57 Å². The van der Waals surface area contributed by atoms with Crippen molar-refractivity contribution in [2.75, 3.05) is 33.0 Å². The maximum absolute atomic E-state index is 11.7. The van der Waals surface area contributed by atoms with Crippen LogP contribution >= 0.6 is 0 Å². The number of esters is 2. The van der Waals surface area contributed by atoms with E-state index in [1.807, 2.05) is 0 Å². The van der Waals surface area contributed by atoms with Gasteiger partial charge in [-0.05, 0) is 26.3 Å². The summed E-state index contributed by atoms with van der Waals surface area (Å²) in [5.41, 5.74) is 0.637. The van der Waals surface area contributed by atoms with Crippen molar-refractivity contribution in [1.29, 1.82) is 0 Å². The highest BCUT2D eigenvalue weighted by Crippen LogP contribution is 2.08. The van der Waals surface area contributed by atoms with E-state index >= 15 is 0 Å². The van der Waals surface area contributed by atoms with Crippen LogP contribution in [0.2, 0.25) is 0 Å². The zero-order valence-electron chi connectivity index (χ0n) is 16.1. The van der Waals surface area contributed by atoms with Gasteiger partial charge in [0.05, 0.1) is 26.4 Å². The summed E-state index contributed by atoms with van der Waals surface area (Å²) in [7, 11) is 0. The lowest BCUT2D eigenvalue weighted by atomic mass is 10.1. The highest BCUT2D eigenvalue weighted by molar-refractivity contribution is 5.88. The van der Waals surface area contributed by atoms with Gasteiger partial charge in [0.2, 0.25) is 0 Å². The van der Waals surface area contributed by atoms with E-state index in [1.165, 1.54) is 13.0 Å². The summed E-state index contributed by atoms with van der Waals surface area (Å²) >= 11 is 0. The van der Waals surface area contributed by atoms with Crippen molar-refractivity contribution in [3.05, 3.63) is 36.0 Å². The second kappa shape index (κ2) is 13.7. The molecule has 8 nitrogen and oxygen atoms in total. The number of hydrogen-bond donors (Lipinski definition) is 1. The Morgan fingerprint density at radius 3 is 2.04 bits per heavy atom. The second-order valence-electron chi connectivity index (χ2n) is 5.68. The van der Waals surface area contributed by atoms with E-state index in [1.54, 1.807) is 13.8 Å². The molecule has 0 aromatic rings. The molecule has 8 heteroatoms. The molecule has 0 rings (SSSR count). The minimum absolute atomic E-state index is 0.0240. The van der Waals surface area contributed by atoms with Crippen LogP contribution in [0.25, 0.3) is 0 Å². The van der Waals surface area contributed by atoms with Gasteiger partial charge in [0.15, 0.2) is 0 Å². The van der Waals surface area contributed by atoms with E-state index in [0.717, 1.165) is 0 Å². The van der Waals surface area contributed by atoms with E-state index in [-0.39, 0.29) is 50.6 Å². The number of ether oxygens (including phenoxy) is 4. The Morgan fingerprint density at radius 2 is 1.52 bits per heavy atom. The van der Waals surface area contributed by atoms with Gasteiger partial charge in [0.1, 0.15) is 12.7 Å². The molecule has 0 aromatic carbocycles. The van der Waals surface area contributed by atoms with Crippen LogP contribution in [0.3, 0.4) is 0 Å². The average molecular weight is 384 g/mol. The number of carbonyl (C=O) groups excluding carboxylic acids is 2. The molecule has 0 amide bonds. The zero-order chi connectivity index (χ0) is 20.8. The summed E-state index contributed by atoms with van der Waals surface area (Å²) in [5.74, 6) is -2.19. The molecule has 0 heterocycles. The van der Waals surface area contributed by atoms with Crippen molar-refractivity contribution >= 4 is 17.9 Å². The first-order valence-electron chi connectivity index (χ1n) is 8.47. The highest BCUT2D eigenvalue weighted by atomic mass is 16.6. The van der Waals surface area contributed by atoms with Gasteiger partial charge in [0, 0.05) is 16.7 Å². The molecule has 0 aliphatic rings. The summed E-state index contributed by atoms with van der Waals surface area (Å²) in [6.45, 7) is 12.4. The maximum Gasteiger partial charge on any atom is 0.333 e. The third-order valence-electron chi connectivity index (χ3n) is 3.11. The SMILES string of the molecule is C=C(C)C(=O)OCCOCCOCC(C=C(CC)C(=O)O)OC(=O)C(=C)C. The lowest BCUT2D eigenvalue weighted by Crippen LogP contribution is -2.24. The van der Waals surface area contributed by atoms with Crippen molar-refractivity contribution in [1.82, 2.24) is 0 Å². The Bertz CT molecular complexity index is 576. The van der Waals surface area contributed by atoms with E-state index in [4.69, 9.17) is 24.1 Å². The van der Waals surface area contributed by atoms with Crippen LogP contribution in [0.4, 0.5) is 0 Å². The van der Waals surface area contributed by atoms with Gasteiger partial charge >= 0.3 is 17.9 Å². The largest absolute Gasteiger partial charge is 0.478 e. The first-order valence-corrected chi connectivity index (χ1v) is 8.47. The summed E-state index contributed by atoms with van der Waals surface area (Å²) in [6, 6.07) is 0. The Morgan fingerprint density at radius 1 is 0.963 bits per heavy atom. The lowest BCUT2D eigenvalue weighted by molar-refractivity contribution is -0.145. The molecular weight excluding hydrogens is 356 g/mol. The maximum atomic E-state index is 11.7. The van der Waals surface area contributed by atoms with Gasteiger partial charge in [0.25, 0.3) is 0 Å². The molecule has 1 atom stereocenters. The molecule has 0 bridgehead atoms. The topological polar surface area (TPSA) is 108 Å². The highest BCUT2D eigenvalue weighted by Gasteiger charge is 2.16. The minimum atomic E-state index is -1.08. The predicted octanol–water partition coefficient (Wildman–Crippen LogP) is 2.05. The van der Waals surface area contributed by atoms with Crippen LogP contribution in [0.5, 0.6) is 0 Å². The molecule has 1 unspecified atom stereocenters. The number of hydrogen-bond acceptors (Lipinski definition) is 7. The van der Waals surface area contributed by atoms with Crippen LogP contribution in [-0.4, -0.2) is 62.2 Å². The molecule has 1 N–H and O–H groups in total. The van der Waals surface area contributed by atoms with Gasteiger partial charge < -0.3 is 24.1 Å². The van der Waals surface area contributed by atoms with Gasteiger partial charge in [-0.3, -0.25) is 0 Å². The number of rotatable bonds is 14. The van der Waals surface area contributed by atoms with Gasteiger partial charge in [-0.2, -0.15) is 0 Å². The molecular formula is C19H28O8. The molecule has 27 heavy (non-hydrogen) atoms. The fourth-order valence-corrected chi connectivity index (χ4v) is 1.65.